The summed E-state index contributed by atoms with van der Waals surface area (Å²) >= 11 is 0. The van der Waals surface area contributed by atoms with Crippen molar-refractivity contribution in [3.05, 3.63) is 64.2 Å². The zero-order valence-electron chi connectivity index (χ0n) is 24.0. The van der Waals surface area contributed by atoms with Crippen LogP contribution in [0.1, 0.15) is 77.7 Å². The molecule has 0 radical (unpaired) electrons. The molecule has 11 heteroatoms. The highest BCUT2D eigenvalue weighted by Gasteiger charge is 2.27. The molecule has 2 aromatic heterocycles. The van der Waals surface area contributed by atoms with Crippen molar-refractivity contribution in [3.63, 3.8) is 0 Å². The monoisotopic (exact) mass is 581 g/mol. The van der Waals surface area contributed by atoms with Gasteiger partial charge in [-0.25, -0.2) is 13.5 Å². The summed E-state index contributed by atoms with van der Waals surface area (Å²) < 4.78 is 38.9. The van der Waals surface area contributed by atoms with Crippen LogP contribution in [0.3, 0.4) is 0 Å². The van der Waals surface area contributed by atoms with Crippen LogP contribution in [0.4, 0.5) is 14.6 Å². The van der Waals surface area contributed by atoms with E-state index in [0.29, 0.717) is 55.3 Å². The number of hydrogen-bond acceptors (Lipinski definition) is 6. The van der Waals surface area contributed by atoms with E-state index in [2.05, 4.69) is 15.8 Å². The Labute approximate surface area is 243 Å². The van der Waals surface area contributed by atoms with Crippen molar-refractivity contribution in [2.75, 3.05) is 11.9 Å². The maximum absolute atomic E-state index is 13.3. The zero-order valence-corrected chi connectivity index (χ0v) is 24.0. The lowest BCUT2D eigenvalue weighted by atomic mass is 10.00. The number of ether oxygens (including phenoxy) is 1. The minimum Gasteiger partial charge on any atom is -0.487 e. The molecule has 1 saturated carbocycles. The van der Waals surface area contributed by atoms with E-state index in [1.165, 1.54) is 12.8 Å². The van der Waals surface area contributed by atoms with Gasteiger partial charge in [-0.05, 0) is 62.6 Å². The third-order valence-electron chi connectivity index (χ3n) is 7.72. The number of allylic oxidation sites excluding steroid dienone is 1. The number of hydrogen-bond donors (Lipinski definition) is 2. The molecule has 2 N–H and O–H groups in total. The van der Waals surface area contributed by atoms with Crippen molar-refractivity contribution in [3.8, 4) is 5.75 Å². The number of halogens is 2. The van der Waals surface area contributed by atoms with Crippen LogP contribution in [0.2, 0.25) is 0 Å². The molecule has 0 bridgehead atoms. The van der Waals surface area contributed by atoms with E-state index < -0.39 is 12.5 Å². The Hall–Kier alpha value is -4.02. The van der Waals surface area contributed by atoms with E-state index >= 15 is 0 Å². The summed E-state index contributed by atoms with van der Waals surface area (Å²) in [4.78, 5) is 24.8. The average Bonchev–Trinajstić information content (AvgIpc) is 3.63. The fourth-order valence-corrected chi connectivity index (χ4v) is 5.17. The maximum Gasteiger partial charge on any atom is 0.296 e. The molecule has 1 aromatic carbocycles. The quantitative estimate of drug-likeness (QED) is 0.229. The highest BCUT2D eigenvalue weighted by atomic mass is 19.3. The van der Waals surface area contributed by atoms with Crippen molar-refractivity contribution in [2.24, 2.45) is 5.92 Å². The summed E-state index contributed by atoms with van der Waals surface area (Å²) in [6, 6.07) is 6.83. The number of amides is 2. The van der Waals surface area contributed by atoms with Crippen LogP contribution in [0, 0.1) is 12.8 Å². The second-order valence-electron chi connectivity index (χ2n) is 11.4. The first kappa shape index (κ1) is 29.5. The van der Waals surface area contributed by atoms with Gasteiger partial charge < -0.3 is 19.9 Å². The summed E-state index contributed by atoms with van der Waals surface area (Å²) in [5.74, 6) is -1.43. The van der Waals surface area contributed by atoms with Gasteiger partial charge in [0.2, 0.25) is 12.2 Å². The molecule has 0 aliphatic heterocycles. The number of nitrogens with zero attached hydrogens (tertiary/aromatic N) is 3. The molecule has 5 rings (SSSR count). The highest BCUT2D eigenvalue weighted by molar-refractivity contribution is 6.04. The molecule has 2 heterocycles. The molecular weight excluding hydrogens is 544 g/mol. The molecule has 0 saturated heterocycles. The Balaban J connectivity index is 1.29. The normalized spacial score (nSPS) is 15.2. The molecule has 1 atom stereocenters. The summed E-state index contributed by atoms with van der Waals surface area (Å²) in [5.41, 5.74) is 4.02. The lowest BCUT2D eigenvalue weighted by Gasteiger charge is -2.16. The lowest BCUT2D eigenvalue weighted by molar-refractivity contribution is -0.110. The first-order valence-electron chi connectivity index (χ1n) is 14.5. The van der Waals surface area contributed by atoms with Gasteiger partial charge in [0, 0.05) is 31.5 Å². The summed E-state index contributed by atoms with van der Waals surface area (Å²) in [7, 11) is 0. The number of anilines is 1. The number of alkyl halides is 2. The maximum atomic E-state index is 13.3. The number of nitrogens with one attached hydrogen (secondary N) is 2. The molecule has 9 nitrogen and oxygen atoms in total. The SMILES string of the molecule is Cc1c(CC(CCc2cccc(OCC(C)(F)F)c2)NC=O)nn(CCC2CC2)c1NC(=O)c1onc2c1C=CCC2. The Morgan fingerprint density at radius 3 is 2.93 bits per heavy atom. The van der Waals surface area contributed by atoms with Gasteiger partial charge in [0.1, 0.15) is 11.6 Å². The van der Waals surface area contributed by atoms with Gasteiger partial charge in [-0.15, -0.1) is 0 Å². The molecule has 1 unspecified atom stereocenters. The Morgan fingerprint density at radius 2 is 2.17 bits per heavy atom. The van der Waals surface area contributed by atoms with Gasteiger partial charge >= 0.3 is 0 Å². The van der Waals surface area contributed by atoms with Crippen molar-refractivity contribution in [1.29, 1.82) is 0 Å². The van der Waals surface area contributed by atoms with Crippen LogP contribution < -0.4 is 15.4 Å². The van der Waals surface area contributed by atoms with Crippen LogP contribution in [0.5, 0.6) is 5.75 Å². The van der Waals surface area contributed by atoms with Gasteiger partial charge in [-0.2, -0.15) is 5.10 Å². The molecular formula is C31H37F2N5O4. The zero-order chi connectivity index (χ0) is 29.7. The van der Waals surface area contributed by atoms with Crippen molar-refractivity contribution < 1.29 is 27.6 Å². The molecule has 0 spiro atoms. The number of carbonyl (C=O) groups excluding carboxylic acids is 2. The Morgan fingerprint density at radius 1 is 1.33 bits per heavy atom. The average molecular weight is 582 g/mol. The first-order chi connectivity index (χ1) is 20.2. The molecule has 2 aliphatic rings. The van der Waals surface area contributed by atoms with E-state index in [0.717, 1.165) is 48.7 Å². The minimum atomic E-state index is -2.92. The number of aromatic nitrogens is 3. The molecule has 1 fully saturated rings. The number of carbonyl (C=O) groups is 2. The van der Waals surface area contributed by atoms with Crippen molar-refractivity contribution in [1.82, 2.24) is 20.3 Å². The van der Waals surface area contributed by atoms with Gasteiger partial charge in [-0.1, -0.05) is 42.3 Å². The summed E-state index contributed by atoms with van der Waals surface area (Å²) in [6.07, 6.45) is 11.2. The molecule has 2 amide bonds. The van der Waals surface area contributed by atoms with Crippen LogP contribution >= 0.6 is 0 Å². The van der Waals surface area contributed by atoms with Gasteiger partial charge in [-0.3, -0.25) is 9.59 Å². The number of rotatable bonds is 15. The third-order valence-corrected chi connectivity index (χ3v) is 7.72. The molecule has 2 aliphatic carbocycles. The van der Waals surface area contributed by atoms with Crippen LogP contribution in [0.25, 0.3) is 6.08 Å². The van der Waals surface area contributed by atoms with Crippen molar-refractivity contribution in [2.45, 2.75) is 83.7 Å². The summed E-state index contributed by atoms with van der Waals surface area (Å²) in [5, 5.41) is 14.9. The van der Waals surface area contributed by atoms with E-state index in [4.69, 9.17) is 14.4 Å². The van der Waals surface area contributed by atoms with Gasteiger partial charge in [0.15, 0.2) is 6.61 Å². The largest absolute Gasteiger partial charge is 0.487 e. The fourth-order valence-electron chi connectivity index (χ4n) is 5.17. The van der Waals surface area contributed by atoms with E-state index in [1.54, 1.807) is 18.2 Å². The Kier molecular flexibility index (Phi) is 9.03. The fraction of sp³-hybridized carbons (Fsp3) is 0.484. The van der Waals surface area contributed by atoms with Gasteiger partial charge in [0.25, 0.3) is 11.8 Å². The first-order valence-corrected chi connectivity index (χ1v) is 14.5. The standard InChI is InChI=1S/C31H37F2N5O4/c1-20-27(17-23(34-19-39)13-12-22-6-5-7-24(16-22)41-18-31(2,32)33)36-38(15-14-21-10-11-21)29(20)35-30(40)28-25-8-3-4-9-26(25)37-42-28/h3,5-8,16,19,21,23H,4,9-15,17-18H2,1-2H3,(H,34,39)(H,35,40). The predicted molar refractivity (Wildman–Crippen MR) is 154 cm³/mol. The lowest BCUT2D eigenvalue weighted by Crippen LogP contribution is -2.31. The molecule has 42 heavy (non-hydrogen) atoms. The van der Waals surface area contributed by atoms with Crippen LogP contribution in [0.15, 0.2) is 34.9 Å². The van der Waals surface area contributed by atoms with Crippen molar-refractivity contribution >= 4 is 24.2 Å². The minimum absolute atomic E-state index is 0.186. The highest BCUT2D eigenvalue weighted by Crippen LogP contribution is 2.34. The molecule has 3 aromatic rings. The van der Waals surface area contributed by atoms with Crippen LogP contribution in [-0.2, 0) is 30.6 Å². The van der Waals surface area contributed by atoms with Gasteiger partial charge in [0.05, 0.1) is 17.0 Å². The second-order valence-corrected chi connectivity index (χ2v) is 11.4. The van der Waals surface area contributed by atoms with E-state index in [1.807, 2.05) is 29.8 Å². The second kappa shape index (κ2) is 12.9. The molecule has 224 valence electrons. The summed E-state index contributed by atoms with van der Waals surface area (Å²) in [6.45, 7) is 2.72. The number of aryl methyl sites for hydroxylation is 3. The van der Waals surface area contributed by atoms with Crippen LogP contribution in [-0.4, -0.2) is 45.8 Å². The topological polar surface area (TPSA) is 111 Å². The van der Waals surface area contributed by atoms with E-state index in [-0.39, 0.29) is 17.7 Å². The predicted octanol–water partition coefficient (Wildman–Crippen LogP) is 5.52. The third kappa shape index (κ3) is 7.63. The number of benzene rings is 1. The number of fused-ring (bicyclic) bond motifs is 1. The van der Waals surface area contributed by atoms with E-state index in [9.17, 15) is 18.4 Å². The Bertz CT molecular complexity index is 1440. The smallest absolute Gasteiger partial charge is 0.296 e.